The maximum absolute atomic E-state index is 9.46. The molecule has 0 spiro atoms. The van der Waals surface area contributed by atoms with Crippen molar-refractivity contribution in [2.45, 2.75) is 38.3 Å². The van der Waals surface area contributed by atoms with Crippen molar-refractivity contribution in [3.63, 3.8) is 0 Å². The molecule has 0 aromatic carbocycles. The molecule has 6 nitrogen and oxygen atoms in total. The van der Waals surface area contributed by atoms with E-state index >= 15 is 0 Å². The number of aliphatic hydroxyl groups is 1. The lowest BCUT2D eigenvalue weighted by atomic mass is 10.0. The number of hydrogen-bond donors (Lipinski definition) is 2. The summed E-state index contributed by atoms with van der Waals surface area (Å²) < 4.78 is 1.88. The second-order valence-electron chi connectivity index (χ2n) is 6.18. The van der Waals surface area contributed by atoms with Gasteiger partial charge in [-0.25, -0.2) is 9.50 Å². The topological polar surface area (TPSA) is 65.7 Å². The molecule has 0 bridgehead atoms. The van der Waals surface area contributed by atoms with Gasteiger partial charge in [0.15, 0.2) is 5.65 Å². The van der Waals surface area contributed by atoms with Gasteiger partial charge in [0.1, 0.15) is 5.82 Å². The Labute approximate surface area is 123 Å². The lowest BCUT2D eigenvalue weighted by molar-refractivity contribution is 0.141. The molecule has 0 saturated carbocycles. The molecule has 0 unspecified atom stereocenters. The van der Waals surface area contributed by atoms with Crippen LogP contribution in [0, 0.1) is 6.92 Å². The fourth-order valence-electron chi connectivity index (χ4n) is 3.24. The Hall–Kier alpha value is -1.66. The molecule has 2 aliphatic heterocycles. The molecule has 112 valence electrons. The van der Waals surface area contributed by atoms with E-state index in [1.807, 2.05) is 17.6 Å². The van der Waals surface area contributed by atoms with Crippen LogP contribution in [0.4, 0.5) is 5.82 Å². The Morgan fingerprint density at radius 2 is 2.19 bits per heavy atom. The van der Waals surface area contributed by atoms with Crippen molar-refractivity contribution in [2.75, 3.05) is 24.5 Å². The van der Waals surface area contributed by atoms with Crippen LogP contribution in [-0.4, -0.2) is 45.4 Å². The van der Waals surface area contributed by atoms with Crippen molar-refractivity contribution >= 4 is 11.5 Å². The number of aryl methyl sites for hydroxylation is 1. The van der Waals surface area contributed by atoms with E-state index in [-0.39, 0.29) is 6.10 Å². The number of aliphatic hydroxyl groups excluding tert-OH is 1. The number of hydrogen-bond acceptors (Lipinski definition) is 5. The maximum Gasteiger partial charge on any atom is 0.157 e. The quantitative estimate of drug-likeness (QED) is 0.864. The minimum absolute atomic E-state index is 0.214. The fraction of sp³-hybridized carbons (Fsp3) is 0.600. The average molecular weight is 287 g/mol. The third kappa shape index (κ3) is 2.28. The Kier molecular flexibility index (Phi) is 3.08. The lowest BCUT2D eigenvalue weighted by Crippen LogP contribution is -2.51. The molecule has 2 aromatic heterocycles. The van der Waals surface area contributed by atoms with Gasteiger partial charge in [0.25, 0.3) is 0 Å². The predicted octanol–water partition coefficient (Wildman–Crippen LogP) is 1.03. The van der Waals surface area contributed by atoms with Crippen LogP contribution < -0.4 is 10.2 Å². The summed E-state index contributed by atoms with van der Waals surface area (Å²) in [7, 11) is 0. The van der Waals surface area contributed by atoms with E-state index in [1.54, 1.807) is 0 Å². The third-order valence-corrected chi connectivity index (χ3v) is 4.45. The molecule has 4 rings (SSSR count). The van der Waals surface area contributed by atoms with Gasteiger partial charge in [-0.15, -0.1) is 0 Å². The molecular formula is C15H21N5O. The molecule has 1 atom stereocenters. The molecule has 2 N–H and O–H groups in total. The highest BCUT2D eigenvalue weighted by Gasteiger charge is 2.27. The maximum atomic E-state index is 9.46. The number of nitrogens with zero attached hydrogens (tertiary/aromatic N) is 4. The SMILES string of the molecule is Cc1cn2nc([C@@H]3CCCCN3)cc2nc1N1CC(O)C1. The van der Waals surface area contributed by atoms with Crippen LogP contribution in [0.25, 0.3) is 5.65 Å². The molecule has 2 fully saturated rings. The van der Waals surface area contributed by atoms with Crippen molar-refractivity contribution in [3.8, 4) is 0 Å². The largest absolute Gasteiger partial charge is 0.389 e. The smallest absolute Gasteiger partial charge is 0.157 e. The summed E-state index contributed by atoms with van der Waals surface area (Å²) in [4.78, 5) is 6.85. The summed E-state index contributed by atoms with van der Waals surface area (Å²) in [6, 6.07) is 2.44. The lowest BCUT2D eigenvalue weighted by Gasteiger charge is -2.37. The van der Waals surface area contributed by atoms with Crippen LogP contribution in [0.1, 0.15) is 36.6 Å². The van der Waals surface area contributed by atoms with E-state index in [2.05, 4.69) is 21.4 Å². The minimum Gasteiger partial charge on any atom is -0.389 e. The van der Waals surface area contributed by atoms with Gasteiger partial charge in [-0.05, 0) is 26.3 Å². The van der Waals surface area contributed by atoms with Crippen LogP contribution in [0.15, 0.2) is 12.3 Å². The van der Waals surface area contributed by atoms with E-state index in [1.165, 1.54) is 12.8 Å². The van der Waals surface area contributed by atoms with Gasteiger partial charge >= 0.3 is 0 Å². The highest BCUT2D eigenvalue weighted by Crippen LogP contribution is 2.26. The zero-order chi connectivity index (χ0) is 14.4. The van der Waals surface area contributed by atoms with Crippen LogP contribution in [0.5, 0.6) is 0 Å². The van der Waals surface area contributed by atoms with Crippen molar-refractivity contribution in [2.24, 2.45) is 0 Å². The number of aromatic nitrogens is 3. The Bertz CT molecular complexity index is 655. The van der Waals surface area contributed by atoms with Gasteiger partial charge in [0.05, 0.1) is 17.8 Å². The van der Waals surface area contributed by atoms with E-state index in [0.717, 1.165) is 35.7 Å². The fourth-order valence-corrected chi connectivity index (χ4v) is 3.24. The summed E-state index contributed by atoms with van der Waals surface area (Å²) in [6.45, 7) is 4.47. The monoisotopic (exact) mass is 287 g/mol. The summed E-state index contributed by atoms with van der Waals surface area (Å²) in [5, 5.41) is 17.7. The van der Waals surface area contributed by atoms with Crippen LogP contribution >= 0.6 is 0 Å². The number of piperidine rings is 1. The van der Waals surface area contributed by atoms with Gasteiger partial charge in [-0.1, -0.05) is 6.42 Å². The van der Waals surface area contributed by atoms with E-state index in [0.29, 0.717) is 19.1 Å². The predicted molar refractivity (Wildman–Crippen MR) is 80.5 cm³/mol. The zero-order valence-electron chi connectivity index (χ0n) is 12.3. The molecule has 0 radical (unpaired) electrons. The number of rotatable bonds is 2. The van der Waals surface area contributed by atoms with E-state index in [9.17, 15) is 5.11 Å². The van der Waals surface area contributed by atoms with Gasteiger partial charge in [-0.3, -0.25) is 0 Å². The highest BCUT2D eigenvalue weighted by atomic mass is 16.3. The summed E-state index contributed by atoms with van der Waals surface area (Å²) in [5.74, 6) is 0.968. The van der Waals surface area contributed by atoms with Gasteiger partial charge in [-0.2, -0.15) is 5.10 Å². The molecule has 0 amide bonds. The number of anilines is 1. The van der Waals surface area contributed by atoms with Crippen LogP contribution in [0.3, 0.4) is 0 Å². The van der Waals surface area contributed by atoms with Crippen LogP contribution in [-0.2, 0) is 0 Å². The second-order valence-corrected chi connectivity index (χ2v) is 6.18. The number of nitrogens with one attached hydrogen (secondary N) is 1. The van der Waals surface area contributed by atoms with Crippen molar-refractivity contribution < 1.29 is 5.11 Å². The average Bonchev–Trinajstić information content (AvgIpc) is 2.87. The Morgan fingerprint density at radius 3 is 2.90 bits per heavy atom. The van der Waals surface area contributed by atoms with Crippen molar-refractivity contribution in [3.05, 3.63) is 23.5 Å². The standard InChI is InChI=1S/C15H21N5O/c1-10-7-20-14(17-15(10)19-8-11(21)9-19)6-13(18-20)12-4-2-3-5-16-12/h6-7,11-12,16,21H,2-5,8-9H2,1H3/t12-/m0/s1. The van der Waals surface area contributed by atoms with Gasteiger partial charge in [0, 0.05) is 30.9 Å². The molecular weight excluding hydrogens is 266 g/mol. The molecule has 4 heterocycles. The summed E-state index contributed by atoms with van der Waals surface area (Å²) in [5.41, 5.74) is 3.07. The second kappa shape index (κ2) is 4.96. The third-order valence-electron chi connectivity index (χ3n) is 4.45. The first-order valence-electron chi connectivity index (χ1n) is 7.74. The molecule has 2 saturated heterocycles. The van der Waals surface area contributed by atoms with E-state index in [4.69, 9.17) is 4.98 Å². The number of β-amino-alcohol motifs (C(OH)–C–C–N with tert-alkyl or cyclic N) is 1. The highest BCUT2D eigenvalue weighted by molar-refractivity contribution is 5.55. The molecule has 2 aromatic rings. The summed E-state index contributed by atoms with van der Waals surface area (Å²) >= 11 is 0. The Morgan fingerprint density at radius 1 is 1.33 bits per heavy atom. The Balaban J connectivity index is 1.67. The first-order chi connectivity index (χ1) is 10.2. The summed E-state index contributed by atoms with van der Waals surface area (Å²) in [6.07, 6.45) is 5.48. The van der Waals surface area contributed by atoms with Crippen molar-refractivity contribution in [1.82, 2.24) is 19.9 Å². The van der Waals surface area contributed by atoms with Crippen molar-refractivity contribution in [1.29, 1.82) is 0 Å². The normalized spacial score (nSPS) is 23.5. The molecule has 2 aliphatic rings. The van der Waals surface area contributed by atoms with Crippen LogP contribution in [0.2, 0.25) is 0 Å². The first kappa shape index (κ1) is 13.0. The van der Waals surface area contributed by atoms with Gasteiger partial charge < -0.3 is 15.3 Å². The number of fused-ring (bicyclic) bond motifs is 1. The molecule has 21 heavy (non-hydrogen) atoms. The first-order valence-corrected chi connectivity index (χ1v) is 7.74. The zero-order valence-corrected chi connectivity index (χ0v) is 12.3. The van der Waals surface area contributed by atoms with Gasteiger partial charge in [0.2, 0.25) is 0 Å². The molecule has 6 heteroatoms. The minimum atomic E-state index is -0.214. The molecule has 0 aliphatic carbocycles. The van der Waals surface area contributed by atoms with E-state index < -0.39 is 0 Å².